The number of amides is 2. The van der Waals surface area contributed by atoms with Gasteiger partial charge in [-0.1, -0.05) is 17.3 Å². The normalized spacial score (nSPS) is 10.5. The number of nitrogens with zero attached hydrogens (tertiary/aromatic N) is 3. The van der Waals surface area contributed by atoms with Crippen LogP contribution >= 0.6 is 0 Å². The minimum absolute atomic E-state index is 0.0391. The Morgan fingerprint density at radius 2 is 1.77 bits per heavy atom. The average molecular weight is 407 g/mol. The number of ether oxygens (including phenoxy) is 1. The van der Waals surface area contributed by atoms with Crippen molar-refractivity contribution in [2.75, 3.05) is 17.2 Å². The zero-order chi connectivity index (χ0) is 21.7. The predicted octanol–water partition coefficient (Wildman–Crippen LogP) is 3.49. The Hall–Kier alpha value is -3.68. The highest BCUT2D eigenvalue weighted by Crippen LogP contribution is 2.19. The summed E-state index contributed by atoms with van der Waals surface area (Å²) in [6.45, 7) is 8.09. The maximum atomic E-state index is 12.6. The first kappa shape index (κ1) is 21.0. The van der Waals surface area contributed by atoms with Crippen molar-refractivity contribution in [1.29, 1.82) is 0 Å². The summed E-state index contributed by atoms with van der Waals surface area (Å²) in [5.41, 5.74) is 4.16. The summed E-state index contributed by atoms with van der Waals surface area (Å²) in [6, 6.07) is 12.8. The molecule has 3 aromatic rings. The molecule has 1 aromatic heterocycles. The third kappa shape index (κ3) is 4.83. The Morgan fingerprint density at radius 3 is 2.47 bits per heavy atom. The molecule has 0 saturated carbocycles. The molecule has 0 spiro atoms. The number of aromatic nitrogens is 3. The fourth-order valence-electron chi connectivity index (χ4n) is 2.92. The number of anilines is 2. The van der Waals surface area contributed by atoms with E-state index < -0.39 is 5.91 Å². The largest absolute Gasteiger partial charge is 0.494 e. The molecular weight excluding hydrogens is 382 g/mol. The van der Waals surface area contributed by atoms with Crippen LogP contribution in [0.25, 0.3) is 0 Å². The molecule has 0 fully saturated rings. The monoisotopic (exact) mass is 407 g/mol. The molecule has 0 aliphatic rings. The number of hydrogen-bond donors (Lipinski definition) is 2. The zero-order valence-electron chi connectivity index (χ0n) is 17.5. The third-order valence-corrected chi connectivity index (χ3v) is 4.79. The second-order valence-electron chi connectivity index (χ2n) is 6.89. The first-order valence-corrected chi connectivity index (χ1v) is 9.69. The van der Waals surface area contributed by atoms with E-state index in [2.05, 4.69) is 20.9 Å². The summed E-state index contributed by atoms with van der Waals surface area (Å²) in [5, 5.41) is 13.6. The number of carbonyl (C=O) groups is 2. The van der Waals surface area contributed by atoms with E-state index in [1.165, 1.54) is 4.68 Å². The van der Waals surface area contributed by atoms with Crippen LogP contribution in [0.1, 0.15) is 34.2 Å². The van der Waals surface area contributed by atoms with Gasteiger partial charge in [-0.2, -0.15) is 0 Å². The zero-order valence-corrected chi connectivity index (χ0v) is 17.5. The first-order valence-electron chi connectivity index (χ1n) is 9.69. The van der Waals surface area contributed by atoms with Gasteiger partial charge in [0.1, 0.15) is 12.3 Å². The van der Waals surface area contributed by atoms with Crippen LogP contribution in [-0.4, -0.2) is 33.4 Å². The molecule has 0 bridgehead atoms. The molecule has 2 aromatic carbocycles. The van der Waals surface area contributed by atoms with E-state index in [0.717, 1.165) is 22.6 Å². The van der Waals surface area contributed by atoms with Crippen LogP contribution in [0.2, 0.25) is 0 Å². The van der Waals surface area contributed by atoms with Crippen molar-refractivity contribution in [3.05, 3.63) is 65.0 Å². The van der Waals surface area contributed by atoms with Gasteiger partial charge in [0.2, 0.25) is 5.91 Å². The Balaban J connectivity index is 1.65. The van der Waals surface area contributed by atoms with Crippen LogP contribution < -0.4 is 15.4 Å². The lowest BCUT2D eigenvalue weighted by molar-refractivity contribution is -0.117. The Bertz CT molecular complexity index is 1060. The van der Waals surface area contributed by atoms with Crippen LogP contribution in [0.3, 0.4) is 0 Å². The van der Waals surface area contributed by atoms with Crippen LogP contribution in [0.4, 0.5) is 11.4 Å². The first-order chi connectivity index (χ1) is 14.4. The lowest BCUT2D eigenvalue weighted by Crippen LogP contribution is -2.21. The second-order valence-corrected chi connectivity index (χ2v) is 6.89. The summed E-state index contributed by atoms with van der Waals surface area (Å²) < 4.78 is 6.80. The topological polar surface area (TPSA) is 98.1 Å². The van der Waals surface area contributed by atoms with E-state index in [1.807, 2.05) is 39.0 Å². The number of carbonyl (C=O) groups excluding carboxylic acids is 2. The smallest absolute Gasteiger partial charge is 0.278 e. The van der Waals surface area contributed by atoms with Gasteiger partial charge in [0, 0.05) is 11.4 Å². The van der Waals surface area contributed by atoms with Crippen molar-refractivity contribution in [1.82, 2.24) is 15.0 Å². The van der Waals surface area contributed by atoms with Crippen molar-refractivity contribution in [2.24, 2.45) is 0 Å². The van der Waals surface area contributed by atoms with Gasteiger partial charge in [-0.15, -0.1) is 5.10 Å². The van der Waals surface area contributed by atoms with E-state index in [4.69, 9.17) is 4.74 Å². The van der Waals surface area contributed by atoms with Gasteiger partial charge in [0.25, 0.3) is 5.91 Å². The fourth-order valence-corrected chi connectivity index (χ4v) is 2.92. The molecule has 156 valence electrons. The maximum Gasteiger partial charge on any atom is 0.278 e. The van der Waals surface area contributed by atoms with E-state index in [1.54, 1.807) is 31.2 Å². The fraction of sp³-hybridized carbons (Fsp3) is 0.273. The van der Waals surface area contributed by atoms with Crippen molar-refractivity contribution >= 4 is 23.2 Å². The highest BCUT2D eigenvalue weighted by atomic mass is 16.5. The van der Waals surface area contributed by atoms with Gasteiger partial charge in [-0.25, -0.2) is 4.68 Å². The SMILES string of the molecule is CCOc1ccc(NC(=O)c2nnn(CC(=O)Nc3cccc(C)c3C)c2C)cc1. The maximum absolute atomic E-state index is 12.6. The third-order valence-electron chi connectivity index (χ3n) is 4.79. The number of aryl methyl sites for hydroxylation is 1. The van der Waals surface area contributed by atoms with E-state index >= 15 is 0 Å². The highest BCUT2D eigenvalue weighted by Gasteiger charge is 2.18. The van der Waals surface area contributed by atoms with Gasteiger partial charge in [-0.05, 0) is 69.2 Å². The molecule has 1 heterocycles. The van der Waals surface area contributed by atoms with E-state index in [0.29, 0.717) is 18.0 Å². The molecule has 0 radical (unpaired) electrons. The quantitative estimate of drug-likeness (QED) is 0.625. The molecule has 2 N–H and O–H groups in total. The van der Waals surface area contributed by atoms with Gasteiger partial charge < -0.3 is 15.4 Å². The summed E-state index contributed by atoms with van der Waals surface area (Å²) in [5.74, 6) is 0.0977. The molecule has 2 amide bonds. The number of hydrogen-bond acceptors (Lipinski definition) is 5. The van der Waals surface area contributed by atoms with Crippen LogP contribution in [0, 0.1) is 20.8 Å². The average Bonchev–Trinajstić information content (AvgIpc) is 3.07. The summed E-state index contributed by atoms with van der Waals surface area (Å²) >= 11 is 0. The molecule has 30 heavy (non-hydrogen) atoms. The van der Waals surface area contributed by atoms with Crippen LogP contribution in [0.15, 0.2) is 42.5 Å². The van der Waals surface area contributed by atoms with Crippen molar-refractivity contribution in [3.63, 3.8) is 0 Å². The molecule has 0 aliphatic heterocycles. The Kier molecular flexibility index (Phi) is 6.46. The second kappa shape index (κ2) is 9.21. The van der Waals surface area contributed by atoms with Crippen molar-refractivity contribution < 1.29 is 14.3 Å². The summed E-state index contributed by atoms with van der Waals surface area (Å²) in [4.78, 5) is 25.0. The van der Waals surface area contributed by atoms with Gasteiger partial charge in [0.15, 0.2) is 5.69 Å². The highest BCUT2D eigenvalue weighted by molar-refractivity contribution is 6.03. The summed E-state index contributed by atoms with van der Waals surface area (Å²) in [6.07, 6.45) is 0. The van der Waals surface area contributed by atoms with Gasteiger partial charge in [0.05, 0.1) is 12.3 Å². The standard InChI is InChI=1S/C22H25N5O3/c1-5-30-18-11-9-17(10-12-18)23-22(29)21-16(4)27(26-25-21)13-20(28)24-19-8-6-7-14(2)15(19)3/h6-12H,5,13H2,1-4H3,(H,23,29)(H,24,28). The molecule has 0 saturated heterocycles. The minimum atomic E-state index is -0.391. The predicted molar refractivity (Wildman–Crippen MR) is 115 cm³/mol. The van der Waals surface area contributed by atoms with Crippen LogP contribution in [0.5, 0.6) is 5.75 Å². The lowest BCUT2D eigenvalue weighted by Gasteiger charge is -2.10. The lowest BCUT2D eigenvalue weighted by atomic mass is 10.1. The Labute approximate surface area is 175 Å². The Morgan fingerprint density at radius 1 is 1.03 bits per heavy atom. The number of rotatable bonds is 7. The molecule has 3 rings (SSSR count). The van der Waals surface area contributed by atoms with E-state index in [9.17, 15) is 9.59 Å². The van der Waals surface area contributed by atoms with E-state index in [-0.39, 0.29) is 18.1 Å². The number of nitrogens with one attached hydrogen (secondary N) is 2. The molecule has 0 unspecified atom stereocenters. The van der Waals surface area contributed by atoms with Gasteiger partial charge >= 0.3 is 0 Å². The summed E-state index contributed by atoms with van der Waals surface area (Å²) in [7, 11) is 0. The van der Waals surface area contributed by atoms with Crippen molar-refractivity contribution in [3.8, 4) is 5.75 Å². The van der Waals surface area contributed by atoms with Crippen LogP contribution in [-0.2, 0) is 11.3 Å². The number of benzene rings is 2. The molecule has 8 heteroatoms. The van der Waals surface area contributed by atoms with Crippen molar-refractivity contribution in [2.45, 2.75) is 34.2 Å². The molecule has 8 nitrogen and oxygen atoms in total. The van der Waals surface area contributed by atoms with Gasteiger partial charge in [-0.3, -0.25) is 9.59 Å². The molecule has 0 aliphatic carbocycles. The minimum Gasteiger partial charge on any atom is -0.494 e. The molecule has 0 atom stereocenters. The molecular formula is C22H25N5O3.